The molecule has 174 valence electrons. The Morgan fingerprint density at radius 3 is 2.65 bits per heavy atom. The van der Waals surface area contributed by atoms with Crippen molar-refractivity contribution in [2.75, 3.05) is 0 Å². The fraction of sp³-hybridized carbons (Fsp3) is 0.333. The van der Waals surface area contributed by atoms with Crippen LogP contribution in [0.15, 0.2) is 30.5 Å². The van der Waals surface area contributed by atoms with E-state index in [1.54, 1.807) is 30.9 Å². The van der Waals surface area contributed by atoms with Crippen molar-refractivity contribution in [1.82, 2.24) is 29.5 Å². The van der Waals surface area contributed by atoms with Crippen molar-refractivity contribution < 1.29 is 18.0 Å². The predicted octanol–water partition coefficient (Wildman–Crippen LogP) is 4.15. The zero-order valence-corrected chi connectivity index (χ0v) is 18.6. The number of aryl methyl sites for hydroxylation is 2. The Morgan fingerprint density at radius 2 is 1.88 bits per heavy atom. The standard InChI is InChI=1S/C24H21F3N6O/c1-12-20(18-7-4-8-28-33(18)29-12)24(34)32-14-5-3-6-19(32)22-15(11-14)23(31(2)30-22)13-9-16(25)21(27)17(26)10-13/h4,7-10,14,19H,3,5-6,11H2,1-2H3/t14-,19+/m0/s1. The monoisotopic (exact) mass is 466 g/mol. The number of fused-ring (bicyclic) bond motifs is 5. The molecule has 10 heteroatoms. The Bertz CT molecular complexity index is 1450. The third-order valence-corrected chi connectivity index (χ3v) is 6.98. The highest BCUT2D eigenvalue weighted by molar-refractivity contribution is 6.02. The van der Waals surface area contributed by atoms with Gasteiger partial charge in [-0.15, -0.1) is 0 Å². The highest BCUT2D eigenvalue weighted by Crippen LogP contribution is 2.45. The minimum Gasteiger partial charge on any atom is -0.327 e. The zero-order chi connectivity index (χ0) is 23.7. The molecule has 0 spiro atoms. The normalized spacial score (nSPS) is 19.5. The van der Waals surface area contributed by atoms with Crippen LogP contribution in [0.4, 0.5) is 13.2 Å². The van der Waals surface area contributed by atoms with Crippen molar-refractivity contribution in [2.45, 2.75) is 44.7 Å². The summed E-state index contributed by atoms with van der Waals surface area (Å²) in [6.45, 7) is 1.80. The Kier molecular flexibility index (Phi) is 4.55. The molecule has 1 amide bonds. The fourth-order valence-electron chi connectivity index (χ4n) is 5.60. The lowest BCUT2D eigenvalue weighted by molar-refractivity contribution is 0.0393. The van der Waals surface area contributed by atoms with Crippen molar-refractivity contribution >= 4 is 11.4 Å². The number of rotatable bonds is 2. The lowest BCUT2D eigenvalue weighted by Crippen LogP contribution is -2.50. The quantitative estimate of drug-likeness (QED) is 0.417. The molecule has 2 aliphatic rings. The van der Waals surface area contributed by atoms with Gasteiger partial charge in [0.2, 0.25) is 0 Å². The van der Waals surface area contributed by atoms with E-state index in [1.165, 1.54) is 4.63 Å². The van der Waals surface area contributed by atoms with Crippen LogP contribution in [0.2, 0.25) is 0 Å². The van der Waals surface area contributed by atoms with Crippen LogP contribution in [0.25, 0.3) is 16.8 Å². The number of nitrogens with zero attached hydrogens (tertiary/aromatic N) is 6. The van der Waals surface area contributed by atoms with Crippen LogP contribution in [-0.2, 0) is 13.5 Å². The summed E-state index contributed by atoms with van der Waals surface area (Å²) in [5, 5.41) is 13.3. The highest BCUT2D eigenvalue weighted by atomic mass is 19.2. The maximum Gasteiger partial charge on any atom is 0.258 e. The van der Waals surface area contributed by atoms with Crippen molar-refractivity contribution in [3.8, 4) is 11.3 Å². The van der Waals surface area contributed by atoms with E-state index in [0.717, 1.165) is 42.7 Å². The van der Waals surface area contributed by atoms with Gasteiger partial charge in [-0.2, -0.15) is 19.9 Å². The van der Waals surface area contributed by atoms with Gasteiger partial charge in [0.1, 0.15) is 5.52 Å². The number of amides is 1. The van der Waals surface area contributed by atoms with E-state index in [0.29, 0.717) is 28.9 Å². The molecule has 0 saturated carbocycles. The van der Waals surface area contributed by atoms with Gasteiger partial charge in [0, 0.05) is 30.4 Å². The van der Waals surface area contributed by atoms with E-state index < -0.39 is 17.5 Å². The van der Waals surface area contributed by atoms with E-state index in [2.05, 4.69) is 15.3 Å². The Morgan fingerprint density at radius 1 is 1.12 bits per heavy atom. The largest absolute Gasteiger partial charge is 0.327 e. The van der Waals surface area contributed by atoms with E-state index in [4.69, 9.17) is 0 Å². The highest BCUT2D eigenvalue weighted by Gasteiger charge is 2.44. The summed E-state index contributed by atoms with van der Waals surface area (Å²) in [5.41, 5.74) is 4.12. The van der Waals surface area contributed by atoms with Crippen LogP contribution in [-0.4, -0.2) is 41.5 Å². The average Bonchev–Trinajstić information content (AvgIpc) is 3.31. The lowest BCUT2D eigenvalue weighted by atomic mass is 9.81. The average molecular weight is 466 g/mol. The first-order chi connectivity index (χ1) is 16.3. The van der Waals surface area contributed by atoms with E-state index >= 15 is 0 Å². The predicted molar refractivity (Wildman–Crippen MR) is 116 cm³/mol. The third kappa shape index (κ3) is 2.90. The van der Waals surface area contributed by atoms with Gasteiger partial charge in [-0.05, 0) is 56.9 Å². The Labute approximate surface area is 192 Å². The molecule has 4 aromatic rings. The Hall–Kier alpha value is -3.69. The molecule has 5 heterocycles. The summed E-state index contributed by atoms with van der Waals surface area (Å²) in [7, 11) is 1.70. The van der Waals surface area contributed by atoms with Gasteiger partial charge >= 0.3 is 0 Å². The van der Waals surface area contributed by atoms with Crippen molar-refractivity contribution in [3.05, 3.63) is 70.4 Å². The molecule has 6 rings (SSSR count). The van der Waals surface area contributed by atoms with E-state index in [9.17, 15) is 18.0 Å². The van der Waals surface area contributed by atoms with E-state index in [1.807, 2.05) is 11.0 Å². The van der Waals surface area contributed by atoms with Crippen LogP contribution in [0.1, 0.15) is 52.6 Å². The summed E-state index contributed by atoms with van der Waals surface area (Å²) in [6, 6.07) is 5.23. The minimum atomic E-state index is -1.49. The molecule has 7 nitrogen and oxygen atoms in total. The molecule has 1 saturated heterocycles. The first kappa shape index (κ1) is 20.9. The van der Waals surface area contributed by atoms with Crippen molar-refractivity contribution in [3.63, 3.8) is 0 Å². The second-order valence-electron chi connectivity index (χ2n) is 8.97. The molecule has 34 heavy (non-hydrogen) atoms. The van der Waals surface area contributed by atoms with Crippen molar-refractivity contribution in [2.24, 2.45) is 7.05 Å². The van der Waals surface area contributed by atoms with Gasteiger partial charge in [0.05, 0.1) is 28.7 Å². The summed E-state index contributed by atoms with van der Waals surface area (Å²) >= 11 is 0. The molecule has 0 aliphatic carbocycles. The van der Waals surface area contributed by atoms with E-state index in [-0.39, 0.29) is 23.6 Å². The zero-order valence-electron chi connectivity index (χ0n) is 18.6. The van der Waals surface area contributed by atoms with Crippen LogP contribution in [0, 0.1) is 24.4 Å². The summed E-state index contributed by atoms with van der Waals surface area (Å²) in [4.78, 5) is 15.8. The van der Waals surface area contributed by atoms with Crippen LogP contribution in [0.5, 0.6) is 0 Å². The second kappa shape index (κ2) is 7.41. The van der Waals surface area contributed by atoms with Gasteiger partial charge in [-0.3, -0.25) is 9.48 Å². The first-order valence-corrected chi connectivity index (χ1v) is 11.2. The minimum absolute atomic E-state index is 0.0946. The van der Waals surface area contributed by atoms with Crippen LogP contribution in [0.3, 0.4) is 0 Å². The molecule has 1 fully saturated rings. The molecule has 0 radical (unpaired) electrons. The molecule has 2 bridgehead atoms. The molecule has 1 aromatic carbocycles. The molecule has 0 N–H and O–H groups in total. The van der Waals surface area contributed by atoms with Gasteiger partial charge in [-0.25, -0.2) is 13.2 Å². The maximum absolute atomic E-state index is 14.0. The summed E-state index contributed by atoms with van der Waals surface area (Å²) in [6.07, 6.45) is 4.59. The molecule has 3 aromatic heterocycles. The third-order valence-electron chi connectivity index (χ3n) is 6.98. The summed E-state index contributed by atoms with van der Waals surface area (Å²) < 4.78 is 44.6. The van der Waals surface area contributed by atoms with Gasteiger partial charge in [0.15, 0.2) is 17.5 Å². The molecular formula is C24H21F3N6O. The lowest BCUT2D eigenvalue weighted by Gasteiger charge is -2.45. The topological polar surface area (TPSA) is 68.3 Å². The summed E-state index contributed by atoms with van der Waals surface area (Å²) in [5.74, 6) is -4.09. The Balaban J connectivity index is 1.46. The second-order valence-corrected chi connectivity index (χ2v) is 8.97. The van der Waals surface area contributed by atoms with Crippen LogP contribution >= 0.6 is 0 Å². The van der Waals surface area contributed by atoms with Gasteiger partial charge in [0.25, 0.3) is 5.91 Å². The molecule has 2 aliphatic heterocycles. The number of hydrogen-bond acceptors (Lipinski definition) is 4. The van der Waals surface area contributed by atoms with Crippen molar-refractivity contribution in [1.29, 1.82) is 0 Å². The van der Waals surface area contributed by atoms with Crippen LogP contribution < -0.4 is 0 Å². The number of benzene rings is 1. The molecular weight excluding hydrogens is 445 g/mol. The van der Waals surface area contributed by atoms with Gasteiger partial charge < -0.3 is 4.90 Å². The number of halogens is 3. The number of hydrogen-bond donors (Lipinski definition) is 0. The SMILES string of the molecule is Cc1nn2ncccc2c1C(=O)N1[C@H]2CCC[C@@H]1c1nn(C)c(-c3cc(F)c(F)c(F)c3)c1C2. The smallest absolute Gasteiger partial charge is 0.258 e. The number of aromatic nitrogens is 5. The number of piperidine rings is 1. The first-order valence-electron chi connectivity index (χ1n) is 11.2. The molecule has 2 atom stereocenters. The van der Waals surface area contributed by atoms with Gasteiger partial charge in [-0.1, -0.05) is 0 Å². The molecule has 0 unspecified atom stereocenters. The fourth-order valence-corrected chi connectivity index (χ4v) is 5.60. The number of carbonyl (C=O) groups is 1. The maximum atomic E-state index is 14.0. The number of carbonyl (C=O) groups excluding carboxylic acids is 1.